The highest BCUT2D eigenvalue weighted by atomic mass is 32.2. The number of carbonyl (C=O) groups is 2. The molecule has 1 aromatic carbocycles. The molecule has 8 nitrogen and oxygen atoms in total. The molecule has 3 rings (SSSR count). The van der Waals surface area contributed by atoms with Gasteiger partial charge in [-0.05, 0) is 17.9 Å². The standard InChI is InChI=1S/C21H31N3O5S/c1-16(2)19(22-21(26)29-14-17-6-4-3-5-7-17)20(25)24-11-9-23(10-12-24)18-8-13-30(27,28)15-18/h3-7,16,18-19H,8-15H2,1-2H3,(H,22,26)/t18?,19-/m0/s1. The Kier molecular flexibility index (Phi) is 7.36. The largest absolute Gasteiger partial charge is 0.445 e. The van der Waals surface area contributed by atoms with Crippen LogP contribution in [0.5, 0.6) is 0 Å². The second kappa shape index (κ2) is 9.78. The van der Waals surface area contributed by atoms with E-state index in [-0.39, 0.29) is 36.0 Å². The summed E-state index contributed by atoms with van der Waals surface area (Å²) in [5.41, 5.74) is 0.880. The highest BCUT2D eigenvalue weighted by Crippen LogP contribution is 2.20. The first-order chi connectivity index (χ1) is 14.2. The zero-order chi connectivity index (χ0) is 21.7. The number of hydrogen-bond donors (Lipinski definition) is 1. The number of piperazine rings is 1. The molecular formula is C21H31N3O5S. The van der Waals surface area contributed by atoms with Crippen molar-refractivity contribution in [2.45, 2.75) is 39.0 Å². The first-order valence-electron chi connectivity index (χ1n) is 10.5. The number of alkyl carbamates (subject to hydrolysis) is 1. The van der Waals surface area contributed by atoms with E-state index in [1.54, 1.807) is 4.90 Å². The lowest BCUT2D eigenvalue weighted by atomic mass is 10.0. The average molecular weight is 438 g/mol. The van der Waals surface area contributed by atoms with Gasteiger partial charge in [-0.25, -0.2) is 13.2 Å². The number of amides is 2. The van der Waals surface area contributed by atoms with Crippen LogP contribution in [0, 0.1) is 5.92 Å². The molecule has 2 aliphatic heterocycles. The molecule has 30 heavy (non-hydrogen) atoms. The summed E-state index contributed by atoms with van der Waals surface area (Å²) in [5, 5.41) is 2.72. The van der Waals surface area contributed by atoms with Gasteiger partial charge in [0.2, 0.25) is 5.91 Å². The van der Waals surface area contributed by atoms with Crippen molar-refractivity contribution in [3.05, 3.63) is 35.9 Å². The fourth-order valence-electron chi connectivity index (χ4n) is 3.97. The minimum Gasteiger partial charge on any atom is -0.445 e. The van der Waals surface area contributed by atoms with Gasteiger partial charge in [-0.1, -0.05) is 44.2 Å². The first kappa shape index (κ1) is 22.6. The summed E-state index contributed by atoms with van der Waals surface area (Å²) < 4.78 is 28.7. The summed E-state index contributed by atoms with van der Waals surface area (Å²) in [4.78, 5) is 29.2. The molecule has 0 saturated carbocycles. The number of sulfone groups is 1. The molecule has 2 amide bonds. The van der Waals surface area contributed by atoms with Crippen molar-refractivity contribution in [1.29, 1.82) is 0 Å². The van der Waals surface area contributed by atoms with Crippen LogP contribution in [0.4, 0.5) is 4.79 Å². The molecule has 1 aromatic rings. The quantitative estimate of drug-likeness (QED) is 0.720. The normalized spacial score (nSPS) is 22.6. The van der Waals surface area contributed by atoms with Crippen molar-refractivity contribution in [2.24, 2.45) is 5.92 Å². The number of benzene rings is 1. The molecule has 0 aromatic heterocycles. The summed E-state index contributed by atoms with van der Waals surface area (Å²) in [5.74, 6) is 0.256. The van der Waals surface area contributed by atoms with E-state index >= 15 is 0 Å². The molecule has 2 aliphatic rings. The Hall–Kier alpha value is -2.13. The third kappa shape index (κ3) is 5.95. The van der Waals surface area contributed by atoms with E-state index < -0.39 is 22.0 Å². The molecule has 166 valence electrons. The van der Waals surface area contributed by atoms with Crippen LogP contribution in [-0.4, -0.2) is 80.0 Å². The van der Waals surface area contributed by atoms with Gasteiger partial charge in [0.1, 0.15) is 12.6 Å². The number of hydrogen-bond acceptors (Lipinski definition) is 6. The fraction of sp³-hybridized carbons (Fsp3) is 0.619. The van der Waals surface area contributed by atoms with Crippen LogP contribution < -0.4 is 5.32 Å². The minimum absolute atomic E-state index is 0.0548. The van der Waals surface area contributed by atoms with Gasteiger partial charge in [0.25, 0.3) is 0 Å². The maximum absolute atomic E-state index is 13.0. The SMILES string of the molecule is CC(C)[C@H](NC(=O)OCc1ccccc1)C(=O)N1CCN(C2CCS(=O)(=O)C2)CC1. The second-order valence-corrected chi connectivity index (χ2v) is 10.6. The Morgan fingerprint density at radius 3 is 2.37 bits per heavy atom. The molecular weight excluding hydrogens is 406 g/mol. The van der Waals surface area contributed by atoms with E-state index in [0.29, 0.717) is 32.6 Å². The lowest BCUT2D eigenvalue weighted by Gasteiger charge is -2.39. The molecule has 2 fully saturated rings. The molecule has 0 bridgehead atoms. The van der Waals surface area contributed by atoms with Crippen molar-refractivity contribution < 1.29 is 22.7 Å². The topological polar surface area (TPSA) is 96.0 Å². The monoisotopic (exact) mass is 437 g/mol. The molecule has 0 radical (unpaired) electrons. The van der Waals surface area contributed by atoms with Gasteiger partial charge in [0.05, 0.1) is 11.5 Å². The van der Waals surface area contributed by atoms with E-state index in [1.807, 2.05) is 44.2 Å². The van der Waals surface area contributed by atoms with Crippen LogP contribution in [-0.2, 0) is 26.0 Å². The van der Waals surface area contributed by atoms with Gasteiger partial charge < -0.3 is 15.0 Å². The van der Waals surface area contributed by atoms with Gasteiger partial charge in [-0.2, -0.15) is 0 Å². The fourth-order valence-corrected chi connectivity index (χ4v) is 5.73. The Bertz CT molecular complexity index is 835. The number of ether oxygens (including phenoxy) is 1. The van der Waals surface area contributed by atoms with Crippen LogP contribution in [0.2, 0.25) is 0 Å². The van der Waals surface area contributed by atoms with Crippen LogP contribution in [0.15, 0.2) is 30.3 Å². The molecule has 2 heterocycles. The van der Waals surface area contributed by atoms with E-state index in [9.17, 15) is 18.0 Å². The highest BCUT2D eigenvalue weighted by Gasteiger charge is 2.36. The number of nitrogens with zero attached hydrogens (tertiary/aromatic N) is 2. The zero-order valence-electron chi connectivity index (χ0n) is 17.6. The van der Waals surface area contributed by atoms with Crippen LogP contribution in [0.25, 0.3) is 0 Å². The van der Waals surface area contributed by atoms with Gasteiger partial charge in [-0.3, -0.25) is 9.69 Å². The summed E-state index contributed by atoms with van der Waals surface area (Å²) in [7, 11) is -2.92. The third-order valence-corrected chi connectivity index (χ3v) is 7.52. The van der Waals surface area contributed by atoms with Crippen molar-refractivity contribution in [3.8, 4) is 0 Å². The molecule has 2 atom stereocenters. The average Bonchev–Trinajstić information content (AvgIpc) is 3.10. The van der Waals surface area contributed by atoms with Crippen molar-refractivity contribution in [2.75, 3.05) is 37.7 Å². The van der Waals surface area contributed by atoms with Crippen LogP contribution in [0.1, 0.15) is 25.8 Å². The first-order valence-corrected chi connectivity index (χ1v) is 12.3. The van der Waals surface area contributed by atoms with E-state index in [0.717, 1.165) is 5.56 Å². The lowest BCUT2D eigenvalue weighted by molar-refractivity contribution is -0.136. The smallest absolute Gasteiger partial charge is 0.408 e. The van der Waals surface area contributed by atoms with E-state index in [1.165, 1.54) is 0 Å². The maximum Gasteiger partial charge on any atom is 0.408 e. The minimum atomic E-state index is -2.92. The third-order valence-electron chi connectivity index (χ3n) is 5.77. The lowest BCUT2D eigenvalue weighted by Crippen LogP contribution is -2.57. The molecule has 2 saturated heterocycles. The Morgan fingerprint density at radius 1 is 1.13 bits per heavy atom. The Balaban J connectivity index is 1.50. The summed E-state index contributed by atoms with van der Waals surface area (Å²) >= 11 is 0. The summed E-state index contributed by atoms with van der Waals surface area (Å²) in [6.07, 6.45) is 0.0559. The van der Waals surface area contributed by atoms with Crippen molar-refractivity contribution >= 4 is 21.8 Å². The number of carbonyl (C=O) groups excluding carboxylic acids is 2. The maximum atomic E-state index is 13.0. The summed E-state index contributed by atoms with van der Waals surface area (Å²) in [6, 6.07) is 8.77. The van der Waals surface area contributed by atoms with Crippen LogP contribution in [0.3, 0.4) is 0 Å². The highest BCUT2D eigenvalue weighted by molar-refractivity contribution is 7.91. The Labute approximate surface area is 178 Å². The van der Waals surface area contributed by atoms with Crippen LogP contribution >= 0.6 is 0 Å². The molecule has 0 aliphatic carbocycles. The van der Waals surface area contributed by atoms with E-state index in [4.69, 9.17) is 4.74 Å². The Morgan fingerprint density at radius 2 is 1.80 bits per heavy atom. The number of rotatable bonds is 6. The van der Waals surface area contributed by atoms with Gasteiger partial charge in [0.15, 0.2) is 9.84 Å². The predicted molar refractivity (Wildman–Crippen MR) is 114 cm³/mol. The van der Waals surface area contributed by atoms with Gasteiger partial charge >= 0.3 is 6.09 Å². The van der Waals surface area contributed by atoms with E-state index in [2.05, 4.69) is 10.2 Å². The van der Waals surface area contributed by atoms with Gasteiger partial charge in [0, 0.05) is 32.2 Å². The van der Waals surface area contributed by atoms with Gasteiger partial charge in [-0.15, -0.1) is 0 Å². The predicted octanol–water partition coefficient (Wildman–Crippen LogP) is 1.27. The molecule has 0 spiro atoms. The van der Waals surface area contributed by atoms with Crippen molar-refractivity contribution in [3.63, 3.8) is 0 Å². The molecule has 1 unspecified atom stereocenters. The summed E-state index contributed by atoms with van der Waals surface area (Å²) in [6.45, 7) is 6.27. The second-order valence-electron chi connectivity index (χ2n) is 8.35. The molecule has 9 heteroatoms. The zero-order valence-corrected chi connectivity index (χ0v) is 18.4. The molecule has 1 N–H and O–H groups in total. The van der Waals surface area contributed by atoms with Crippen molar-refractivity contribution in [1.82, 2.24) is 15.1 Å². The number of nitrogens with one attached hydrogen (secondary N) is 1.